The van der Waals surface area contributed by atoms with Gasteiger partial charge >= 0.3 is 0 Å². The van der Waals surface area contributed by atoms with Crippen molar-refractivity contribution < 1.29 is 9.59 Å². The number of hydrogen-bond acceptors (Lipinski definition) is 4. The van der Waals surface area contributed by atoms with Crippen molar-refractivity contribution in [3.05, 3.63) is 0 Å². The Kier molecular flexibility index (Phi) is 13.6. The lowest BCUT2D eigenvalue weighted by Crippen LogP contribution is -2.48. The van der Waals surface area contributed by atoms with Crippen molar-refractivity contribution in [3.63, 3.8) is 0 Å². The van der Waals surface area contributed by atoms with Crippen molar-refractivity contribution >= 4 is 17.8 Å². The zero-order valence-electron chi connectivity index (χ0n) is 14.9. The van der Waals surface area contributed by atoms with E-state index in [4.69, 9.17) is 17.2 Å². The molecule has 0 bridgehead atoms. The molecule has 2 amide bonds. The molecule has 0 rings (SSSR count). The topological polar surface area (TPSA) is 149 Å². The number of guanidine groups is 1. The SMILES string of the molecule is CCCCCCCCNC(=O)C(CCCN=C(N)N)NC(=O)CN. The summed E-state index contributed by atoms with van der Waals surface area (Å²) in [5.74, 6) is -0.517. The van der Waals surface area contributed by atoms with E-state index in [2.05, 4.69) is 22.5 Å². The van der Waals surface area contributed by atoms with Gasteiger partial charge in [0, 0.05) is 13.1 Å². The van der Waals surface area contributed by atoms with Crippen molar-refractivity contribution in [2.45, 2.75) is 64.3 Å². The van der Waals surface area contributed by atoms with Crippen LogP contribution < -0.4 is 27.8 Å². The molecule has 8 heteroatoms. The molecule has 8 N–H and O–H groups in total. The molecule has 0 aromatic heterocycles. The van der Waals surface area contributed by atoms with Gasteiger partial charge in [0.15, 0.2) is 5.96 Å². The van der Waals surface area contributed by atoms with E-state index in [1.54, 1.807) is 0 Å². The van der Waals surface area contributed by atoms with E-state index in [0.29, 0.717) is 25.9 Å². The predicted molar refractivity (Wildman–Crippen MR) is 97.3 cm³/mol. The minimum Gasteiger partial charge on any atom is -0.370 e. The summed E-state index contributed by atoms with van der Waals surface area (Å²) in [5.41, 5.74) is 15.8. The highest BCUT2D eigenvalue weighted by atomic mass is 16.2. The highest BCUT2D eigenvalue weighted by Crippen LogP contribution is 2.04. The van der Waals surface area contributed by atoms with E-state index in [0.717, 1.165) is 12.8 Å². The molecule has 0 saturated carbocycles. The normalized spacial score (nSPS) is 11.6. The molecule has 0 saturated heterocycles. The molecule has 0 aliphatic carbocycles. The zero-order valence-corrected chi connectivity index (χ0v) is 14.9. The minimum absolute atomic E-state index is 0.0186. The first kappa shape index (κ1) is 22.2. The van der Waals surface area contributed by atoms with Crippen LogP contribution in [0.3, 0.4) is 0 Å². The summed E-state index contributed by atoms with van der Waals surface area (Å²) in [4.78, 5) is 27.5. The van der Waals surface area contributed by atoms with Gasteiger partial charge in [0.2, 0.25) is 11.8 Å². The maximum absolute atomic E-state index is 12.2. The number of carbonyl (C=O) groups is 2. The fourth-order valence-electron chi connectivity index (χ4n) is 2.27. The number of rotatable bonds is 14. The van der Waals surface area contributed by atoms with Crippen LogP contribution in [-0.2, 0) is 9.59 Å². The first-order valence-electron chi connectivity index (χ1n) is 8.83. The maximum atomic E-state index is 12.2. The maximum Gasteiger partial charge on any atom is 0.242 e. The number of unbranched alkanes of at least 4 members (excludes halogenated alkanes) is 5. The van der Waals surface area contributed by atoms with Gasteiger partial charge in [-0.3, -0.25) is 14.6 Å². The van der Waals surface area contributed by atoms with E-state index < -0.39 is 6.04 Å². The van der Waals surface area contributed by atoms with Gasteiger partial charge in [0.1, 0.15) is 6.04 Å². The lowest BCUT2D eigenvalue weighted by molar-refractivity contribution is -0.128. The van der Waals surface area contributed by atoms with E-state index in [1.165, 1.54) is 25.7 Å². The number of amides is 2. The summed E-state index contributed by atoms with van der Waals surface area (Å²) < 4.78 is 0. The highest BCUT2D eigenvalue weighted by molar-refractivity contribution is 5.88. The number of hydrogen-bond donors (Lipinski definition) is 5. The van der Waals surface area contributed by atoms with Gasteiger partial charge in [-0.2, -0.15) is 0 Å². The Morgan fingerprint density at radius 2 is 1.71 bits per heavy atom. The summed E-state index contributed by atoms with van der Waals surface area (Å²) in [6.45, 7) is 3.08. The van der Waals surface area contributed by atoms with Crippen molar-refractivity contribution in [2.75, 3.05) is 19.6 Å². The largest absolute Gasteiger partial charge is 0.370 e. The van der Waals surface area contributed by atoms with Crippen LogP contribution in [0.15, 0.2) is 4.99 Å². The quantitative estimate of drug-likeness (QED) is 0.171. The first-order chi connectivity index (χ1) is 11.5. The van der Waals surface area contributed by atoms with Gasteiger partial charge in [0.05, 0.1) is 6.54 Å². The number of nitrogens with two attached hydrogens (primary N) is 3. The molecular weight excluding hydrogens is 308 g/mol. The summed E-state index contributed by atoms with van der Waals surface area (Å²) in [6.07, 6.45) is 8.02. The Hall–Kier alpha value is -1.83. The number of nitrogens with zero attached hydrogens (tertiary/aromatic N) is 1. The van der Waals surface area contributed by atoms with Crippen molar-refractivity contribution in [3.8, 4) is 0 Å². The average Bonchev–Trinajstić information content (AvgIpc) is 2.56. The second-order valence-electron chi connectivity index (χ2n) is 5.83. The smallest absolute Gasteiger partial charge is 0.242 e. The Labute approximate surface area is 145 Å². The Bertz CT molecular complexity index is 383. The molecule has 8 nitrogen and oxygen atoms in total. The van der Waals surface area contributed by atoms with E-state index >= 15 is 0 Å². The summed E-state index contributed by atoms with van der Waals surface area (Å²) in [5, 5.41) is 5.51. The highest BCUT2D eigenvalue weighted by Gasteiger charge is 2.19. The molecule has 0 aromatic carbocycles. The average molecular weight is 342 g/mol. The fourth-order valence-corrected chi connectivity index (χ4v) is 2.27. The molecular formula is C16H34N6O2. The van der Waals surface area contributed by atoms with Gasteiger partial charge in [0.25, 0.3) is 0 Å². The van der Waals surface area contributed by atoms with Gasteiger partial charge in [-0.15, -0.1) is 0 Å². The van der Waals surface area contributed by atoms with Crippen LogP contribution in [0.5, 0.6) is 0 Å². The molecule has 0 spiro atoms. The van der Waals surface area contributed by atoms with Crippen molar-refractivity contribution in [1.29, 1.82) is 0 Å². The standard InChI is InChI=1S/C16H34N6O2/c1-2-3-4-5-6-7-10-20-15(24)13(22-14(23)12-17)9-8-11-21-16(18)19/h13H,2-12,17H2,1H3,(H,20,24)(H,22,23)(H4,18,19,21). The van der Waals surface area contributed by atoms with Crippen LogP contribution in [0.1, 0.15) is 58.3 Å². The van der Waals surface area contributed by atoms with Crippen molar-refractivity contribution in [2.24, 2.45) is 22.2 Å². The molecule has 0 aromatic rings. The van der Waals surface area contributed by atoms with Crippen LogP contribution in [0.25, 0.3) is 0 Å². The van der Waals surface area contributed by atoms with E-state index in [-0.39, 0.29) is 24.3 Å². The summed E-state index contributed by atoms with van der Waals surface area (Å²) in [6, 6.07) is -0.602. The molecule has 0 radical (unpaired) electrons. The second-order valence-corrected chi connectivity index (χ2v) is 5.83. The van der Waals surface area contributed by atoms with Gasteiger partial charge < -0.3 is 27.8 Å². The fraction of sp³-hybridized carbons (Fsp3) is 0.812. The number of nitrogens with one attached hydrogen (secondary N) is 2. The second kappa shape index (κ2) is 14.7. The molecule has 0 aliphatic heterocycles. The van der Waals surface area contributed by atoms with Gasteiger partial charge in [-0.25, -0.2) is 0 Å². The molecule has 1 unspecified atom stereocenters. The number of carbonyl (C=O) groups excluding carboxylic acids is 2. The minimum atomic E-state index is -0.602. The van der Waals surface area contributed by atoms with E-state index in [1.807, 2.05) is 0 Å². The lowest BCUT2D eigenvalue weighted by Gasteiger charge is -2.18. The summed E-state index contributed by atoms with van der Waals surface area (Å²) in [7, 11) is 0. The van der Waals surface area contributed by atoms with E-state index in [9.17, 15) is 9.59 Å². The third kappa shape index (κ3) is 12.7. The van der Waals surface area contributed by atoms with Gasteiger partial charge in [-0.1, -0.05) is 39.0 Å². The Morgan fingerprint density at radius 3 is 2.33 bits per heavy atom. The van der Waals surface area contributed by atoms with Crippen LogP contribution >= 0.6 is 0 Å². The Morgan fingerprint density at radius 1 is 1.04 bits per heavy atom. The summed E-state index contributed by atoms with van der Waals surface area (Å²) >= 11 is 0. The lowest BCUT2D eigenvalue weighted by atomic mass is 10.1. The molecule has 0 heterocycles. The third-order valence-corrected chi connectivity index (χ3v) is 3.61. The number of aliphatic imine (C=N–C) groups is 1. The molecule has 0 aliphatic rings. The molecule has 0 fully saturated rings. The van der Waals surface area contributed by atoms with Crippen LogP contribution in [-0.4, -0.2) is 43.5 Å². The molecule has 24 heavy (non-hydrogen) atoms. The first-order valence-corrected chi connectivity index (χ1v) is 8.83. The third-order valence-electron chi connectivity index (χ3n) is 3.61. The Balaban J connectivity index is 4.12. The van der Waals surface area contributed by atoms with Crippen LogP contribution in [0, 0.1) is 0 Å². The predicted octanol–water partition coefficient (Wildman–Crippen LogP) is -0.0398. The monoisotopic (exact) mass is 342 g/mol. The van der Waals surface area contributed by atoms with Gasteiger partial charge in [-0.05, 0) is 19.3 Å². The van der Waals surface area contributed by atoms with Crippen molar-refractivity contribution in [1.82, 2.24) is 10.6 Å². The zero-order chi connectivity index (χ0) is 18.2. The van der Waals surface area contributed by atoms with Crippen LogP contribution in [0.4, 0.5) is 0 Å². The molecule has 140 valence electrons. The van der Waals surface area contributed by atoms with Crippen LogP contribution in [0.2, 0.25) is 0 Å². The molecule has 1 atom stereocenters.